The number of ketones is 2. The molecule has 0 unspecified atom stereocenters. The van der Waals surface area contributed by atoms with E-state index in [1.165, 1.54) is 0 Å². The van der Waals surface area contributed by atoms with Crippen LogP contribution in [0.5, 0.6) is 0 Å². The average molecular weight is 176 g/mol. The Balaban J connectivity index is 1.97. The first kappa shape index (κ1) is 7.48. The zero-order chi connectivity index (χ0) is 9.00. The molecule has 0 heterocycles. The SMILES string of the molecule is O=C1C[C@@H]2[C@H]3CC=C[C@H]3C(=O)[C@@H]2C1. The summed E-state index contributed by atoms with van der Waals surface area (Å²) in [4.78, 5) is 23.0. The van der Waals surface area contributed by atoms with E-state index in [1.54, 1.807) is 0 Å². The zero-order valence-electron chi connectivity index (χ0n) is 7.40. The fourth-order valence-electron chi connectivity index (χ4n) is 3.31. The summed E-state index contributed by atoms with van der Waals surface area (Å²) < 4.78 is 0. The van der Waals surface area contributed by atoms with Crippen LogP contribution in [0.3, 0.4) is 0 Å². The molecule has 3 rings (SSSR count). The highest BCUT2D eigenvalue weighted by atomic mass is 16.1. The Hall–Kier alpha value is -0.920. The third-order valence-electron chi connectivity index (χ3n) is 3.88. The van der Waals surface area contributed by atoms with Crippen molar-refractivity contribution in [2.45, 2.75) is 19.3 Å². The van der Waals surface area contributed by atoms with Crippen LogP contribution in [0.2, 0.25) is 0 Å². The highest BCUT2D eigenvalue weighted by Gasteiger charge is 2.53. The van der Waals surface area contributed by atoms with E-state index in [-0.39, 0.29) is 11.8 Å². The van der Waals surface area contributed by atoms with Crippen molar-refractivity contribution in [3.63, 3.8) is 0 Å². The van der Waals surface area contributed by atoms with Gasteiger partial charge in [-0.05, 0) is 18.3 Å². The van der Waals surface area contributed by atoms with Crippen molar-refractivity contribution in [2.75, 3.05) is 0 Å². The van der Waals surface area contributed by atoms with Crippen molar-refractivity contribution in [3.05, 3.63) is 12.2 Å². The second kappa shape index (κ2) is 2.31. The highest BCUT2D eigenvalue weighted by molar-refractivity contribution is 5.96. The van der Waals surface area contributed by atoms with Gasteiger partial charge in [0.25, 0.3) is 0 Å². The summed E-state index contributed by atoms with van der Waals surface area (Å²) in [6.45, 7) is 0. The lowest BCUT2D eigenvalue weighted by Gasteiger charge is -2.13. The van der Waals surface area contributed by atoms with Gasteiger partial charge in [-0.2, -0.15) is 0 Å². The maximum atomic E-state index is 11.8. The Morgan fingerprint density at radius 3 is 2.85 bits per heavy atom. The standard InChI is InChI=1S/C11H12O2/c12-6-4-9-7-2-1-3-8(7)11(13)10(9)5-6/h1,3,7-10H,2,4-5H2/t7-,8+,9+,10+/m0/s1. The molecule has 0 amide bonds. The fraction of sp³-hybridized carbons (Fsp3) is 0.636. The summed E-state index contributed by atoms with van der Waals surface area (Å²) in [6.07, 6.45) is 6.37. The number of rotatable bonds is 0. The largest absolute Gasteiger partial charge is 0.300 e. The van der Waals surface area contributed by atoms with Crippen LogP contribution in [0.25, 0.3) is 0 Å². The predicted octanol–water partition coefficient (Wildman–Crippen LogP) is 1.36. The van der Waals surface area contributed by atoms with Crippen molar-refractivity contribution in [1.82, 2.24) is 0 Å². The first-order valence-corrected chi connectivity index (χ1v) is 4.99. The lowest BCUT2D eigenvalue weighted by atomic mass is 9.89. The fourth-order valence-corrected chi connectivity index (χ4v) is 3.31. The summed E-state index contributed by atoms with van der Waals surface area (Å²) in [5, 5.41) is 0. The molecule has 13 heavy (non-hydrogen) atoms. The van der Waals surface area contributed by atoms with Crippen LogP contribution in [0, 0.1) is 23.7 Å². The molecule has 3 aliphatic carbocycles. The average Bonchev–Trinajstić information content (AvgIpc) is 2.70. The highest BCUT2D eigenvalue weighted by Crippen LogP contribution is 2.51. The molecular formula is C11H12O2. The van der Waals surface area contributed by atoms with E-state index in [0.29, 0.717) is 36.2 Å². The number of hydrogen-bond acceptors (Lipinski definition) is 2. The van der Waals surface area contributed by atoms with Gasteiger partial charge in [0, 0.05) is 24.7 Å². The van der Waals surface area contributed by atoms with Gasteiger partial charge in [-0.1, -0.05) is 12.2 Å². The molecule has 68 valence electrons. The molecule has 3 aliphatic rings. The molecule has 0 aromatic carbocycles. The smallest absolute Gasteiger partial charge is 0.143 e. The van der Waals surface area contributed by atoms with Gasteiger partial charge in [-0.3, -0.25) is 9.59 Å². The van der Waals surface area contributed by atoms with Crippen molar-refractivity contribution < 1.29 is 9.59 Å². The predicted molar refractivity (Wildman–Crippen MR) is 47.0 cm³/mol. The Bertz CT molecular complexity index is 316. The molecule has 0 aliphatic heterocycles. The number of Topliss-reactive ketones (excluding diaryl/α,β-unsaturated/α-hetero) is 2. The molecule has 2 fully saturated rings. The topological polar surface area (TPSA) is 34.1 Å². The van der Waals surface area contributed by atoms with Gasteiger partial charge >= 0.3 is 0 Å². The summed E-state index contributed by atoms with van der Waals surface area (Å²) in [7, 11) is 0. The molecule has 2 saturated carbocycles. The number of carbonyl (C=O) groups excluding carboxylic acids is 2. The normalized spacial score (nSPS) is 47.1. The lowest BCUT2D eigenvalue weighted by Crippen LogP contribution is -2.13. The zero-order valence-corrected chi connectivity index (χ0v) is 7.40. The molecule has 0 spiro atoms. The van der Waals surface area contributed by atoms with Gasteiger partial charge in [-0.15, -0.1) is 0 Å². The minimum absolute atomic E-state index is 0.0902. The quantitative estimate of drug-likeness (QED) is 0.522. The maximum absolute atomic E-state index is 11.8. The van der Waals surface area contributed by atoms with Crippen molar-refractivity contribution in [1.29, 1.82) is 0 Å². The first-order valence-electron chi connectivity index (χ1n) is 4.99. The minimum atomic E-state index is 0.0902. The monoisotopic (exact) mass is 176 g/mol. The van der Waals surface area contributed by atoms with Crippen LogP contribution in [-0.4, -0.2) is 11.6 Å². The van der Waals surface area contributed by atoms with Crippen molar-refractivity contribution in [2.24, 2.45) is 23.7 Å². The van der Waals surface area contributed by atoms with Gasteiger partial charge in [0.15, 0.2) is 0 Å². The molecular weight excluding hydrogens is 164 g/mol. The number of hydrogen-bond donors (Lipinski definition) is 0. The van der Waals surface area contributed by atoms with Crippen molar-refractivity contribution >= 4 is 11.6 Å². The lowest BCUT2D eigenvalue weighted by molar-refractivity contribution is -0.125. The molecule has 2 nitrogen and oxygen atoms in total. The first-order chi connectivity index (χ1) is 6.27. The van der Waals surface area contributed by atoms with Crippen LogP contribution in [0.1, 0.15) is 19.3 Å². The van der Waals surface area contributed by atoms with Gasteiger partial charge in [0.05, 0.1) is 0 Å². The minimum Gasteiger partial charge on any atom is -0.300 e. The van der Waals surface area contributed by atoms with E-state index in [0.717, 1.165) is 6.42 Å². The van der Waals surface area contributed by atoms with E-state index in [9.17, 15) is 9.59 Å². The van der Waals surface area contributed by atoms with Crippen LogP contribution < -0.4 is 0 Å². The van der Waals surface area contributed by atoms with Gasteiger partial charge < -0.3 is 0 Å². The summed E-state index contributed by atoms with van der Waals surface area (Å²) in [5.41, 5.74) is 0. The number of fused-ring (bicyclic) bond motifs is 3. The van der Waals surface area contributed by atoms with Crippen molar-refractivity contribution in [3.8, 4) is 0 Å². The van der Waals surface area contributed by atoms with Gasteiger partial charge in [0.1, 0.15) is 11.6 Å². The summed E-state index contributed by atoms with van der Waals surface area (Å²) >= 11 is 0. The molecule has 4 atom stereocenters. The van der Waals surface area contributed by atoms with E-state index in [1.807, 2.05) is 0 Å². The molecule has 0 aromatic heterocycles. The second-order valence-corrected chi connectivity index (χ2v) is 4.47. The Morgan fingerprint density at radius 1 is 1.15 bits per heavy atom. The Morgan fingerprint density at radius 2 is 2.00 bits per heavy atom. The maximum Gasteiger partial charge on any atom is 0.143 e. The molecule has 0 aromatic rings. The van der Waals surface area contributed by atoms with Crippen LogP contribution in [0.4, 0.5) is 0 Å². The number of allylic oxidation sites excluding steroid dienone is 2. The molecule has 0 saturated heterocycles. The molecule has 0 bridgehead atoms. The van der Waals surface area contributed by atoms with Crippen LogP contribution in [0.15, 0.2) is 12.2 Å². The van der Waals surface area contributed by atoms with E-state index in [4.69, 9.17) is 0 Å². The van der Waals surface area contributed by atoms with Crippen LogP contribution >= 0.6 is 0 Å². The third-order valence-corrected chi connectivity index (χ3v) is 3.88. The Kier molecular flexibility index (Phi) is 1.33. The third kappa shape index (κ3) is 0.835. The van der Waals surface area contributed by atoms with E-state index in [2.05, 4.69) is 12.2 Å². The summed E-state index contributed by atoms with van der Waals surface area (Å²) in [6, 6.07) is 0. The van der Waals surface area contributed by atoms with Crippen LogP contribution in [-0.2, 0) is 9.59 Å². The van der Waals surface area contributed by atoms with Gasteiger partial charge in [0.2, 0.25) is 0 Å². The van der Waals surface area contributed by atoms with E-state index >= 15 is 0 Å². The molecule has 0 N–H and O–H groups in total. The Labute approximate surface area is 77.0 Å². The molecule has 2 heteroatoms. The molecule has 0 radical (unpaired) electrons. The second-order valence-electron chi connectivity index (χ2n) is 4.47. The van der Waals surface area contributed by atoms with E-state index < -0.39 is 0 Å². The number of carbonyl (C=O) groups is 2. The van der Waals surface area contributed by atoms with Gasteiger partial charge in [-0.25, -0.2) is 0 Å². The summed E-state index contributed by atoms with van der Waals surface area (Å²) in [5.74, 6) is 1.77.